The van der Waals surface area contributed by atoms with Gasteiger partial charge in [-0.3, -0.25) is 9.59 Å². The van der Waals surface area contributed by atoms with E-state index >= 15 is 0 Å². The molecule has 5 nitrogen and oxygen atoms in total. The van der Waals surface area contributed by atoms with Crippen molar-refractivity contribution in [1.29, 1.82) is 0 Å². The zero-order valence-corrected chi connectivity index (χ0v) is 17.7. The molecule has 1 aliphatic rings. The molecule has 6 heteroatoms. The summed E-state index contributed by atoms with van der Waals surface area (Å²) in [6.45, 7) is 2.83. The van der Waals surface area contributed by atoms with E-state index in [-0.39, 0.29) is 17.6 Å². The molecule has 148 valence electrons. The van der Waals surface area contributed by atoms with Crippen LogP contribution in [-0.2, 0) is 17.6 Å². The lowest BCUT2D eigenvalue weighted by molar-refractivity contribution is -0.118. The molecule has 3 aromatic rings. The van der Waals surface area contributed by atoms with E-state index in [0.29, 0.717) is 16.8 Å². The number of rotatable bonds is 4. The largest absolute Gasteiger partial charge is 0.444 e. The summed E-state index contributed by atoms with van der Waals surface area (Å²) < 4.78 is 5.76. The Kier molecular flexibility index (Phi) is 5.53. The van der Waals surface area contributed by atoms with Gasteiger partial charge in [0.1, 0.15) is 0 Å². The van der Waals surface area contributed by atoms with Crippen LogP contribution in [0.5, 0.6) is 0 Å². The van der Waals surface area contributed by atoms with Crippen molar-refractivity contribution in [2.45, 2.75) is 26.2 Å². The maximum Gasteiger partial charge on any atom is 0.291 e. The molecule has 2 amide bonds. The van der Waals surface area contributed by atoms with Crippen molar-refractivity contribution in [3.8, 4) is 0 Å². The first-order chi connectivity index (χ1) is 14.0. The van der Waals surface area contributed by atoms with Crippen molar-refractivity contribution in [2.75, 3.05) is 16.8 Å². The van der Waals surface area contributed by atoms with Gasteiger partial charge in [0.2, 0.25) is 5.91 Å². The molecule has 1 aromatic heterocycles. The number of hydrogen-bond acceptors (Lipinski definition) is 3. The van der Waals surface area contributed by atoms with Gasteiger partial charge in [-0.25, -0.2) is 0 Å². The summed E-state index contributed by atoms with van der Waals surface area (Å²) in [5.74, 6) is 0.00176. The van der Waals surface area contributed by atoms with Crippen molar-refractivity contribution in [3.05, 3.63) is 81.7 Å². The summed E-state index contributed by atoms with van der Waals surface area (Å²) in [5, 5.41) is 2.78. The minimum Gasteiger partial charge on any atom is -0.444 e. The van der Waals surface area contributed by atoms with Gasteiger partial charge in [0.05, 0.1) is 6.42 Å². The van der Waals surface area contributed by atoms with Gasteiger partial charge in [0.15, 0.2) is 10.4 Å². The quantitative estimate of drug-likeness (QED) is 0.596. The second-order valence-corrected chi connectivity index (χ2v) is 7.99. The lowest BCUT2D eigenvalue weighted by Gasteiger charge is -2.30. The van der Waals surface area contributed by atoms with Crippen LogP contribution in [0.15, 0.2) is 63.7 Å². The molecule has 0 unspecified atom stereocenters. The predicted molar refractivity (Wildman–Crippen MR) is 116 cm³/mol. The van der Waals surface area contributed by atoms with Crippen LogP contribution in [0.1, 0.15) is 33.7 Å². The van der Waals surface area contributed by atoms with Crippen LogP contribution in [0, 0.1) is 6.92 Å². The Bertz CT molecular complexity index is 1060. The first-order valence-corrected chi connectivity index (χ1v) is 10.3. The van der Waals surface area contributed by atoms with E-state index in [4.69, 9.17) is 4.42 Å². The van der Waals surface area contributed by atoms with Crippen LogP contribution < -0.4 is 10.2 Å². The van der Waals surface area contributed by atoms with Crippen molar-refractivity contribution in [2.24, 2.45) is 0 Å². The number of nitrogens with one attached hydrogen (secondary N) is 1. The number of anilines is 2. The Morgan fingerprint density at radius 3 is 2.62 bits per heavy atom. The Hall–Kier alpha value is -2.86. The number of carbonyl (C=O) groups excluding carboxylic acids is 2. The lowest BCUT2D eigenvalue weighted by Crippen LogP contribution is -2.36. The van der Waals surface area contributed by atoms with Gasteiger partial charge in [-0.1, -0.05) is 29.8 Å². The van der Waals surface area contributed by atoms with Crippen LogP contribution >= 0.6 is 15.9 Å². The minimum atomic E-state index is -0.320. The highest BCUT2D eigenvalue weighted by Gasteiger charge is 2.22. The molecule has 1 N–H and O–H groups in total. The van der Waals surface area contributed by atoms with Crippen LogP contribution in [0.25, 0.3) is 0 Å². The van der Waals surface area contributed by atoms with Crippen molar-refractivity contribution >= 4 is 39.1 Å². The molecule has 0 fully saturated rings. The van der Waals surface area contributed by atoms with E-state index in [2.05, 4.69) is 40.3 Å². The molecule has 4 rings (SSSR count). The van der Waals surface area contributed by atoms with Crippen molar-refractivity contribution < 1.29 is 14.0 Å². The number of benzene rings is 2. The van der Waals surface area contributed by atoms with Gasteiger partial charge < -0.3 is 14.6 Å². The molecule has 2 heterocycles. The number of fused-ring (bicyclic) bond motifs is 1. The van der Waals surface area contributed by atoms with E-state index in [1.165, 1.54) is 11.1 Å². The van der Waals surface area contributed by atoms with E-state index < -0.39 is 0 Å². The predicted octanol–water partition coefficient (Wildman–Crippen LogP) is 5.12. The smallest absolute Gasteiger partial charge is 0.291 e. The third-order valence-corrected chi connectivity index (χ3v) is 5.45. The number of hydrogen-bond donors (Lipinski definition) is 1. The number of furan rings is 1. The monoisotopic (exact) mass is 452 g/mol. The molecular weight excluding hydrogens is 432 g/mol. The molecule has 1 aliphatic heterocycles. The molecule has 0 bridgehead atoms. The van der Waals surface area contributed by atoms with E-state index in [0.717, 1.165) is 30.6 Å². The number of aryl methyl sites for hydroxylation is 2. The summed E-state index contributed by atoms with van der Waals surface area (Å²) in [7, 11) is 0. The SMILES string of the molecule is Cc1ccc2c(c1)CCCN2C(=O)Cc1ccc(NC(=O)c2ccc(Br)o2)cc1. The molecular formula is C23H21BrN2O3. The zero-order chi connectivity index (χ0) is 20.4. The third-order valence-electron chi connectivity index (χ3n) is 5.02. The van der Waals surface area contributed by atoms with Gasteiger partial charge in [-0.05, 0) is 77.2 Å². The molecule has 0 saturated carbocycles. The summed E-state index contributed by atoms with van der Waals surface area (Å²) in [6, 6.07) is 16.9. The fraction of sp³-hybridized carbons (Fsp3) is 0.217. The molecule has 29 heavy (non-hydrogen) atoms. The Labute approximate surface area is 177 Å². The normalized spacial score (nSPS) is 13.1. The first kappa shape index (κ1) is 19.5. The second kappa shape index (κ2) is 8.25. The summed E-state index contributed by atoms with van der Waals surface area (Å²) in [5.41, 5.74) is 5.05. The molecule has 2 aromatic carbocycles. The average molecular weight is 453 g/mol. The van der Waals surface area contributed by atoms with Gasteiger partial charge in [0.25, 0.3) is 5.91 Å². The lowest BCUT2D eigenvalue weighted by atomic mass is 9.99. The summed E-state index contributed by atoms with van der Waals surface area (Å²) >= 11 is 3.18. The maximum atomic E-state index is 12.9. The van der Waals surface area contributed by atoms with Crippen LogP contribution in [0.3, 0.4) is 0 Å². The van der Waals surface area contributed by atoms with Crippen molar-refractivity contribution in [1.82, 2.24) is 0 Å². The Morgan fingerprint density at radius 2 is 1.90 bits per heavy atom. The first-order valence-electron chi connectivity index (χ1n) is 9.55. The van der Waals surface area contributed by atoms with Crippen LogP contribution in [-0.4, -0.2) is 18.4 Å². The molecule has 0 aliphatic carbocycles. The highest BCUT2D eigenvalue weighted by Crippen LogP contribution is 2.28. The standard InChI is InChI=1S/C23H21BrN2O3/c1-15-4-9-19-17(13-15)3-2-12-26(19)22(27)14-16-5-7-18(8-6-16)25-23(28)20-10-11-21(24)29-20/h4-11,13H,2-3,12,14H2,1H3,(H,25,28). The number of nitrogens with zero attached hydrogens (tertiary/aromatic N) is 1. The van der Waals surface area contributed by atoms with Crippen LogP contribution in [0.4, 0.5) is 11.4 Å². The fourth-order valence-electron chi connectivity index (χ4n) is 3.59. The Balaban J connectivity index is 1.41. The number of halogens is 1. The van der Waals surface area contributed by atoms with Gasteiger partial charge in [-0.2, -0.15) is 0 Å². The Morgan fingerprint density at radius 1 is 1.10 bits per heavy atom. The third kappa shape index (κ3) is 4.43. The highest BCUT2D eigenvalue weighted by atomic mass is 79.9. The van der Waals surface area contributed by atoms with Gasteiger partial charge >= 0.3 is 0 Å². The van der Waals surface area contributed by atoms with E-state index in [9.17, 15) is 9.59 Å². The zero-order valence-electron chi connectivity index (χ0n) is 16.1. The van der Waals surface area contributed by atoms with Gasteiger partial charge in [-0.15, -0.1) is 0 Å². The topological polar surface area (TPSA) is 62.6 Å². The minimum absolute atomic E-state index is 0.0898. The number of amides is 2. The molecule has 0 spiro atoms. The van der Waals surface area contributed by atoms with E-state index in [1.54, 1.807) is 24.3 Å². The van der Waals surface area contributed by atoms with E-state index in [1.807, 2.05) is 23.1 Å². The van der Waals surface area contributed by atoms with Crippen LogP contribution in [0.2, 0.25) is 0 Å². The second-order valence-electron chi connectivity index (χ2n) is 7.21. The fourth-order valence-corrected chi connectivity index (χ4v) is 3.90. The highest BCUT2D eigenvalue weighted by molar-refractivity contribution is 9.10. The molecule has 0 saturated heterocycles. The summed E-state index contributed by atoms with van der Waals surface area (Å²) in [4.78, 5) is 26.9. The number of carbonyl (C=O) groups is 2. The van der Waals surface area contributed by atoms with Crippen molar-refractivity contribution in [3.63, 3.8) is 0 Å². The molecule has 0 atom stereocenters. The molecule has 0 radical (unpaired) electrons. The average Bonchev–Trinajstić information content (AvgIpc) is 3.15. The van der Waals surface area contributed by atoms with Gasteiger partial charge in [0, 0.05) is 17.9 Å². The summed E-state index contributed by atoms with van der Waals surface area (Å²) in [6.07, 6.45) is 2.32. The maximum absolute atomic E-state index is 12.9.